The lowest BCUT2D eigenvalue weighted by Crippen LogP contribution is -2.39. The number of hydrogen-bond donors (Lipinski definition) is 2. The van der Waals surface area contributed by atoms with Gasteiger partial charge in [-0.3, -0.25) is 0 Å². The molecule has 0 amide bonds. The van der Waals surface area contributed by atoms with Crippen LogP contribution in [0.2, 0.25) is 0 Å². The first kappa shape index (κ1) is 16.2. The standard InChI is InChI=1S/C18H26N4OS/c1-11-4-5-13-14(9-11)24-18-16(13)17(19)20-15(21-18)6-8-22-7-2-3-12(23)10-22/h11-12,23H,2-10H2,1H3,(H2,19,20,21). The molecule has 2 aromatic heterocycles. The Morgan fingerprint density at radius 2 is 2.21 bits per heavy atom. The quantitative estimate of drug-likeness (QED) is 0.892. The van der Waals surface area contributed by atoms with Crippen LogP contribution in [-0.4, -0.2) is 45.7 Å². The van der Waals surface area contributed by atoms with Gasteiger partial charge in [-0.25, -0.2) is 9.97 Å². The number of hydrogen-bond acceptors (Lipinski definition) is 6. The third-order valence-corrected chi connectivity index (χ3v) is 6.51. The van der Waals surface area contributed by atoms with Crippen molar-refractivity contribution in [2.45, 2.75) is 51.6 Å². The molecule has 3 N–H and O–H groups in total. The van der Waals surface area contributed by atoms with Crippen molar-refractivity contribution >= 4 is 27.4 Å². The minimum absolute atomic E-state index is 0.182. The summed E-state index contributed by atoms with van der Waals surface area (Å²) in [6.07, 6.45) is 6.09. The van der Waals surface area contributed by atoms with E-state index in [-0.39, 0.29) is 6.10 Å². The van der Waals surface area contributed by atoms with Gasteiger partial charge in [-0.2, -0.15) is 0 Å². The van der Waals surface area contributed by atoms with Crippen molar-refractivity contribution < 1.29 is 5.11 Å². The van der Waals surface area contributed by atoms with Crippen LogP contribution < -0.4 is 5.73 Å². The van der Waals surface area contributed by atoms with Gasteiger partial charge in [0.25, 0.3) is 0 Å². The largest absolute Gasteiger partial charge is 0.392 e. The van der Waals surface area contributed by atoms with Gasteiger partial charge >= 0.3 is 0 Å². The molecule has 1 aliphatic heterocycles. The lowest BCUT2D eigenvalue weighted by molar-refractivity contribution is 0.0711. The molecule has 2 aliphatic rings. The van der Waals surface area contributed by atoms with Crippen molar-refractivity contribution in [3.8, 4) is 0 Å². The van der Waals surface area contributed by atoms with Gasteiger partial charge in [-0.05, 0) is 50.1 Å². The topological polar surface area (TPSA) is 75.3 Å². The zero-order valence-electron chi connectivity index (χ0n) is 14.3. The van der Waals surface area contributed by atoms with Crippen LogP contribution in [-0.2, 0) is 19.3 Å². The highest BCUT2D eigenvalue weighted by Gasteiger charge is 2.23. The molecule has 0 saturated carbocycles. The second-order valence-corrected chi connectivity index (χ2v) is 8.49. The number of aliphatic hydroxyl groups excluding tert-OH is 1. The SMILES string of the molecule is CC1CCc2c(sc3nc(CCN4CCCC(O)C4)nc(N)c23)C1. The molecule has 1 fully saturated rings. The molecular weight excluding hydrogens is 320 g/mol. The molecule has 0 aromatic carbocycles. The number of nitrogens with two attached hydrogens (primary N) is 1. The number of likely N-dealkylation sites (tertiary alicyclic amines) is 1. The Morgan fingerprint density at radius 1 is 1.33 bits per heavy atom. The third-order valence-electron chi connectivity index (χ3n) is 5.36. The van der Waals surface area contributed by atoms with Gasteiger partial charge in [0.15, 0.2) is 0 Å². The Bertz CT molecular complexity index is 744. The van der Waals surface area contributed by atoms with Crippen LogP contribution in [0.25, 0.3) is 10.2 Å². The Hall–Kier alpha value is -1.24. The predicted molar refractivity (Wildman–Crippen MR) is 98.4 cm³/mol. The van der Waals surface area contributed by atoms with Crippen LogP contribution in [0.3, 0.4) is 0 Å². The maximum atomic E-state index is 9.79. The zero-order chi connectivity index (χ0) is 16.7. The number of anilines is 1. The van der Waals surface area contributed by atoms with Gasteiger partial charge in [0.05, 0.1) is 11.5 Å². The van der Waals surface area contributed by atoms with Gasteiger partial charge in [0.2, 0.25) is 0 Å². The van der Waals surface area contributed by atoms with Crippen LogP contribution in [0.15, 0.2) is 0 Å². The summed E-state index contributed by atoms with van der Waals surface area (Å²) < 4.78 is 0. The molecule has 2 unspecified atom stereocenters. The van der Waals surface area contributed by atoms with Crippen LogP contribution >= 0.6 is 11.3 Å². The van der Waals surface area contributed by atoms with Gasteiger partial charge < -0.3 is 15.7 Å². The normalized spacial score (nSPS) is 25.1. The van der Waals surface area contributed by atoms with Crippen LogP contribution in [0.4, 0.5) is 5.82 Å². The minimum Gasteiger partial charge on any atom is -0.392 e. The second kappa shape index (κ2) is 6.58. The number of aliphatic hydroxyl groups is 1. The molecule has 6 heteroatoms. The fraction of sp³-hybridized carbons (Fsp3) is 0.667. The van der Waals surface area contributed by atoms with Crippen molar-refractivity contribution in [1.29, 1.82) is 0 Å². The zero-order valence-corrected chi connectivity index (χ0v) is 15.1. The lowest BCUT2D eigenvalue weighted by Gasteiger charge is -2.29. The van der Waals surface area contributed by atoms with Crippen LogP contribution in [0, 0.1) is 5.92 Å². The molecule has 1 saturated heterocycles. The second-order valence-electron chi connectivity index (χ2n) is 7.40. The number of aryl methyl sites for hydroxylation is 1. The number of aromatic nitrogens is 2. The molecule has 4 rings (SSSR count). The van der Waals surface area contributed by atoms with E-state index in [1.165, 1.54) is 16.9 Å². The molecule has 130 valence electrons. The number of rotatable bonds is 3. The van der Waals surface area contributed by atoms with E-state index < -0.39 is 0 Å². The number of thiophene rings is 1. The summed E-state index contributed by atoms with van der Waals surface area (Å²) in [6, 6.07) is 0. The highest BCUT2D eigenvalue weighted by Crippen LogP contribution is 2.39. The fourth-order valence-electron chi connectivity index (χ4n) is 4.02. The Labute approximate surface area is 146 Å². The van der Waals surface area contributed by atoms with Gasteiger partial charge in [0.1, 0.15) is 16.5 Å². The number of fused-ring (bicyclic) bond motifs is 3. The molecule has 0 spiro atoms. The molecule has 0 bridgehead atoms. The fourth-order valence-corrected chi connectivity index (χ4v) is 5.43. The summed E-state index contributed by atoms with van der Waals surface area (Å²) in [7, 11) is 0. The van der Waals surface area contributed by atoms with E-state index in [9.17, 15) is 5.11 Å². The molecule has 3 heterocycles. The number of nitrogens with zero attached hydrogens (tertiary/aromatic N) is 3. The molecule has 0 radical (unpaired) electrons. The van der Waals surface area contributed by atoms with E-state index in [1.54, 1.807) is 0 Å². The predicted octanol–water partition coefficient (Wildman–Crippen LogP) is 2.40. The first-order chi connectivity index (χ1) is 11.6. The van der Waals surface area contributed by atoms with E-state index >= 15 is 0 Å². The number of piperidine rings is 1. The van der Waals surface area contributed by atoms with Gasteiger partial charge in [-0.15, -0.1) is 11.3 Å². The molecule has 24 heavy (non-hydrogen) atoms. The highest BCUT2D eigenvalue weighted by molar-refractivity contribution is 7.19. The maximum absolute atomic E-state index is 9.79. The molecule has 1 aliphatic carbocycles. The number of nitrogen functional groups attached to an aromatic ring is 1. The van der Waals surface area contributed by atoms with Crippen molar-refractivity contribution in [2.24, 2.45) is 5.92 Å². The van der Waals surface area contributed by atoms with Crippen LogP contribution in [0.5, 0.6) is 0 Å². The Balaban J connectivity index is 1.54. The summed E-state index contributed by atoms with van der Waals surface area (Å²) >= 11 is 1.81. The Kier molecular flexibility index (Phi) is 4.45. The highest BCUT2D eigenvalue weighted by atomic mass is 32.1. The van der Waals surface area contributed by atoms with E-state index in [2.05, 4.69) is 16.8 Å². The average Bonchev–Trinajstić information content (AvgIpc) is 2.90. The van der Waals surface area contributed by atoms with Crippen molar-refractivity contribution in [3.63, 3.8) is 0 Å². The van der Waals surface area contributed by atoms with Crippen molar-refractivity contribution in [1.82, 2.24) is 14.9 Å². The molecule has 5 nitrogen and oxygen atoms in total. The van der Waals surface area contributed by atoms with E-state index in [0.29, 0.717) is 5.82 Å². The first-order valence-electron chi connectivity index (χ1n) is 9.07. The maximum Gasteiger partial charge on any atom is 0.136 e. The lowest BCUT2D eigenvalue weighted by atomic mass is 9.89. The van der Waals surface area contributed by atoms with Crippen LogP contribution in [0.1, 0.15) is 42.5 Å². The summed E-state index contributed by atoms with van der Waals surface area (Å²) in [4.78, 5) is 14.2. The van der Waals surface area contributed by atoms with Crippen molar-refractivity contribution in [2.75, 3.05) is 25.4 Å². The number of β-amino-alcohol motifs (C(OH)–C–C–N with tert-alkyl or cyclic N) is 1. The molecule has 2 atom stereocenters. The Morgan fingerprint density at radius 3 is 3.04 bits per heavy atom. The smallest absolute Gasteiger partial charge is 0.136 e. The van der Waals surface area contributed by atoms with Crippen molar-refractivity contribution in [3.05, 3.63) is 16.3 Å². The summed E-state index contributed by atoms with van der Waals surface area (Å²) in [5.74, 6) is 2.25. The van der Waals surface area contributed by atoms with E-state index in [4.69, 9.17) is 10.7 Å². The average molecular weight is 347 g/mol. The molecule has 2 aromatic rings. The first-order valence-corrected chi connectivity index (χ1v) is 9.89. The van der Waals surface area contributed by atoms with E-state index in [0.717, 1.165) is 73.7 Å². The summed E-state index contributed by atoms with van der Waals surface area (Å²) in [5, 5.41) is 10.9. The van der Waals surface area contributed by atoms with Gasteiger partial charge in [-0.1, -0.05) is 6.92 Å². The van der Waals surface area contributed by atoms with Gasteiger partial charge in [0, 0.05) is 24.4 Å². The van der Waals surface area contributed by atoms with E-state index in [1.807, 2.05) is 11.3 Å². The summed E-state index contributed by atoms with van der Waals surface area (Å²) in [5.41, 5.74) is 7.69. The molecular formula is C18H26N4OS. The third kappa shape index (κ3) is 3.15. The minimum atomic E-state index is -0.182. The monoisotopic (exact) mass is 346 g/mol. The summed E-state index contributed by atoms with van der Waals surface area (Å²) in [6.45, 7) is 5.04.